The largest absolute Gasteiger partial charge is 0.327 e. The average molecular weight is 157 g/mol. The summed E-state index contributed by atoms with van der Waals surface area (Å²) in [5.74, 6) is 0. The van der Waals surface area contributed by atoms with Crippen molar-refractivity contribution in [3.8, 4) is 0 Å². The minimum absolute atomic E-state index is 0.262. The van der Waals surface area contributed by atoms with Crippen molar-refractivity contribution in [2.45, 2.75) is 54.0 Å². The van der Waals surface area contributed by atoms with Gasteiger partial charge in [-0.05, 0) is 24.2 Å². The van der Waals surface area contributed by atoms with Gasteiger partial charge >= 0.3 is 0 Å². The fourth-order valence-electron chi connectivity index (χ4n) is 1.53. The van der Waals surface area contributed by atoms with Gasteiger partial charge in [-0.1, -0.05) is 34.6 Å². The maximum Gasteiger partial charge on any atom is 0.00619 e. The van der Waals surface area contributed by atoms with E-state index in [0.29, 0.717) is 5.41 Å². The quantitative estimate of drug-likeness (QED) is 0.655. The zero-order valence-corrected chi connectivity index (χ0v) is 8.86. The first kappa shape index (κ1) is 11.0. The molecule has 0 saturated heterocycles. The van der Waals surface area contributed by atoms with Crippen molar-refractivity contribution >= 4 is 0 Å². The summed E-state index contributed by atoms with van der Waals surface area (Å²) in [6, 6.07) is 0.279. The number of rotatable bonds is 2. The van der Waals surface area contributed by atoms with E-state index in [2.05, 4.69) is 41.5 Å². The Kier molecular flexibility index (Phi) is 3.13. The van der Waals surface area contributed by atoms with Crippen molar-refractivity contribution in [3.05, 3.63) is 0 Å². The van der Waals surface area contributed by atoms with E-state index in [9.17, 15) is 0 Å². The lowest BCUT2D eigenvalue weighted by atomic mass is 9.73. The minimum atomic E-state index is 0.262. The molecule has 0 aliphatic carbocycles. The molecule has 0 saturated carbocycles. The van der Waals surface area contributed by atoms with Gasteiger partial charge in [-0.25, -0.2) is 0 Å². The van der Waals surface area contributed by atoms with Crippen molar-refractivity contribution in [1.82, 2.24) is 0 Å². The summed E-state index contributed by atoms with van der Waals surface area (Å²) in [6.07, 6.45) is 1.18. The molecule has 68 valence electrons. The van der Waals surface area contributed by atoms with Crippen molar-refractivity contribution in [2.24, 2.45) is 16.6 Å². The van der Waals surface area contributed by atoms with Gasteiger partial charge in [0.2, 0.25) is 0 Å². The first-order valence-corrected chi connectivity index (χ1v) is 4.41. The first-order valence-electron chi connectivity index (χ1n) is 4.41. The van der Waals surface area contributed by atoms with E-state index in [1.54, 1.807) is 0 Å². The number of nitrogens with two attached hydrogens (primary N) is 1. The van der Waals surface area contributed by atoms with Crippen molar-refractivity contribution in [2.75, 3.05) is 0 Å². The lowest BCUT2D eigenvalue weighted by Crippen LogP contribution is -2.37. The summed E-state index contributed by atoms with van der Waals surface area (Å²) in [5, 5.41) is 0. The standard InChI is InChI=1S/C10H23N/c1-8(11)10(5,6)7-9(2,3)4/h8H,7,11H2,1-6H3/t8-/m1/s1. The normalized spacial score (nSPS) is 16.6. The van der Waals surface area contributed by atoms with Gasteiger partial charge in [0.05, 0.1) is 0 Å². The van der Waals surface area contributed by atoms with Crippen LogP contribution in [0.3, 0.4) is 0 Å². The molecule has 0 radical (unpaired) electrons. The SMILES string of the molecule is C[C@@H](N)C(C)(C)CC(C)(C)C. The predicted octanol–water partition coefficient (Wildman–Crippen LogP) is 2.80. The van der Waals surface area contributed by atoms with E-state index in [1.807, 2.05) is 0 Å². The third-order valence-electron chi connectivity index (χ3n) is 2.22. The van der Waals surface area contributed by atoms with Crippen LogP contribution in [0.1, 0.15) is 48.0 Å². The molecule has 0 aromatic carbocycles. The molecule has 0 aromatic heterocycles. The summed E-state index contributed by atoms with van der Waals surface area (Å²) in [7, 11) is 0. The monoisotopic (exact) mass is 157 g/mol. The van der Waals surface area contributed by atoms with Crippen LogP contribution in [-0.2, 0) is 0 Å². The Morgan fingerprint density at radius 3 is 1.55 bits per heavy atom. The highest BCUT2D eigenvalue weighted by Gasteiger charge is 2.28. The van der Waals surface area contributed by atoms with E-state index in [0.717, 1.165) is 0 Å². The Morgan fingerprint density at radius 1 is 1.09 bits per heavy atom. The molecule has 0 unspecified atom stereocenters. The second kappa shape index (κ2) is 3.14. The zero-order chi connectivity index (χ0) is 9.28. The molecule has 1 nitrogen and oxygen atoms in total. The van der Waals surface area contributed by atoms with Crippen LogP contribution in [0.25, 0.3) is 0 Å². The van der Waals surface area contributed by atoms with Crippen LogP contribution in [0.15, 0.2) is 0 Å². The Labute approximate surface area is 71.4 Å². The van der Waals surface area contributed by atoms with Gasteiger partial charge in [-0.2, -0.15) is 0 Å². The molecule has 0 aromatic rings. The molecule has 11 heavy (non-hydrogen) atoms. The van der Waals surface area contributed by atoms with Gasteiger partial charge < -0.3 is 5.73 Å². The van der Waals surface area contributed by atoms with Crippen LogP contribution in [-0.4, -0.2) is 6.04 Å². The zero-order valence-electron chi connectivity index (χ0n) is 8.86. The summed E-state index contributed by atoms with van der Waals surface area (Å²) in [5.41, 5.74) is 6.53. The Bertz CT molecular complexity index is 117. The van der Waals surface area contributed by atoms with Crippen molar-refractivity contribution in [1.29, 1.82) is 0 Å². The van der Waals surface area contributed by atoms with Crippen LogP contribution >= 0.6 is 0 Å². The molecule has 0 spiro atoms. The third-order valence-corrected chi connectivity index (χ3v) is 2.22. The Balaban J connectivity index is 4.13. The topological polar surface area (TPSA) is 26.0 Å². The molecule has 1 atom stereocenters. The van der Waals surface area contributed by atoms with Gasteiger partial charge in [0.15, 0.2) is 0 Å². The maximum atomic E-state index is 5.88. The number of hydrogen-bond acceptors (Lipinski definition) is 1. The van der Waals surface area contributed by atoms with Gasteiger partial charge in [-0.3, -0.25) is 0 Å². The highest BCUT2D eigenvalue weighted by Crippen LogP contribution is 2.34. The molecule has 0 heterocycles. The van der Waals surface area contributed by atoms with E-state index >= 15 is 0 Å². The second-order valence-electron chi connectivity index (χ2n) is 5.51. The van der Waals surface area contributed by atoms with Crippen molar-refractivity contribution in [3.63, 3.8) is 0 Å². The lowest BCUT2D eigenvalue weighted by Gasteiger charge is -2.35. The summed E-state index contributed by atoms with van der Waals surface area (Å²) < 4.78 is 0. The molecule has 0 aliphatic rings. The Hall–Kier alpha value is -0.0400. The highest BCUT2D eigenvalue weighted by molar-refractivity contribution is 4.82. The predicted molar refractivity (Wildman–Crippen MR) is 51.5 cm³/mol. The van der Waals surface area contributed by atoms with Crippen LogP contribution in [0.5, 0.6) is 0 Å². The molecule has 0 amide bonds. The second-order valence-corrected chi connectivity index (χ2v) is 5.51. The summed E-state index contributed by atoms with van der Waals surface area (Å²) in [4.78, 5) is 0. The van der Waals surface area contributed by atoms with E-state index < -0.39 is 0 Å². The lowest BCUT2D eigenvalue weighted by molar-refractivity contribution is 0.182. The van der Waals surface area contributed by atoms with Gasteiger partial charge in [0.1, 0.15) is 0 Å². The smallest absolute Gasteiger partial charge is 0.00619 e. The fourth-order valence-corrected chi connectivity index (χ4v) is 1.53. The van der Waals surface area contributed by atoms with Crippen molar-refractivity contribution < 1.29 is 0 Å². The molecule has 0 aliphatic heterocycles. The van der Waals surface area contributed by atoms with E-state index in [4.69, 9.17) is 5.73 Å². The maximum absolute atomic E-state index is 5.88. The van der Waals surface area contributed by atoms with Gasteiger partial charge in [-0.15, -0.1) is 0 Å². The minimum Gasteiger partial charge on any atom is -0.327 e. The molecular formula is C10H23N. The third kappa shape index (κ3) is 4.41. The molecule has 0 fully saturated rings. The molecule has 0 rings (SSSR count). The van der Waals surface area contributed by atoms with Crippen LogP contribution in [0.2, 0.25) is 0 Å². The van der Waals surface area contributed by atoms with E-state index in [-0.39, 0.29) is 11.5 Å². The van der Waals surface area contributed by atoms with Crippen LogP contribution < -0.4 is 5.73 Å². The molecule has 2 N–H and O–H groups in total. The summed E-state index contributed by atoms with van der Waals surface area (Å²) >= 11 is 0. The number of hydrogen-bond donors (Lipinski definition) is 1. The van der Waals surface area contributed by atoms with Crippen LogP contribution in [0, 0.1) is 10.8 Å². The fraction of sp³-hybridized carbons (Fsp3) is 1.00. The molecular weight excluding hydrogens is 134 g/mol. The first-order chi connectivity index (χ1) is 4.65. The van der Waals surface area contributed by atoms with Gasteiger partial charge in [0, 0.05) is 6.04 Å². The van der Waals surface area contributed by atoms with Crippen LogP contribution in [0.4, 0.5) is 0 Å². The van der Waals surface area contributed by atoms with E-state index in [1.165, 1.54) is 6.42 Å². The molecule has 1 heteroatoms. The highest BCUT2D eigenvalue weighted by atomic mass is 14.7. The summed E-state index contributed by atoms with van der Waals surface area (Å²) in [6.45, 7) is 13.4. The Morgan fingerprint density at radius 2 is 1.45 bits per heavy atom. The van der Waals surface area contributed by atoms with Gasteiger partial charge in [0.25, 0.3) is 0 Å². The average Bonchev–Trinajstić information content (AvgIpc) is 1.56. The molecule has 0 bridgehead atoms.